The molecule has 0 saturated carbocycles. The van der Waals surface area contributed by atoms with E-state index >= 15 is 0 Å². The number of carbonyl (C=O) groups excluding carboxylic acids is 2. The Kier molecular flexibility index (Phi) is 9.13. The lowest BCUT2D eigenvalue weighted by molar-refractivity contribution is -0.129. The van der Waals surface area contributed by atoms with Gasteiger partial charge in [-0.15, -0.1) is 0 Å². The molecule has 212 valence electrons. The number of likely N-dealkylation sites (tertiary alicyclic amines) is 1. The van der Waals surface area contributed by atoms with Gasteiger partial charge in [0.15, 0.2) is 17.9 Å². The van der Waals surface area contributed by atoms with Gasteiger partial charge >= 0.3 is 0 Å². The van der Waals surface area contributed by atoms with Crippen molar-refractivity contribution in [2.45, 2.75) is 64.3 Å². The number of hydrogen-bond donors (Lipinski definition) is 2. The minimum Gasteiger partial charge on any atom is -0.486 e. The van der Waals surface area contributed by atoms with Crippen LogP contribution >= 0.6 is 0 Å². The van der Waals surface area contributed by atoms with E-state index in [0.29, 0.717) is 37.3 Å². The van der Waals surface area contributed by atoms with E-state index in [-0.39, 0.29) is 17.7 Å². The monoisotopic (exact) mass is 546 g/mol. The van der Waals surface area contributed by atoms with Crippen LogP contribution in [-0.2, 0) is 24.4 Å². The number of nitrogens with zero attached hydrogens (tertiary/aromatic N) is 3. The summed E-state index contributed by atoms with van der Waals surface area (Å²) in [6.45, 7) is 5.62. The third-order valence-corrected chi connectivity index (χ3v) is 7.80. The lowest BCUT2D eigenvalue weighted by atomic mass is 9.98. The zero-order chi connectivity index (χ0) is 27.9. The minimum absolute atomic E-state index is 0.0379. The summed E-state index contributed by atoms with van der Waals surface area (Å²) in [6, 6.07) is 14.0. The first-order valence-corrected chi connectivity index (χ1v) is 14.1. The van der Waals surface area contributed by atoms with Crippen LogP contribution in [0.4, 0.5) is 5.69 Å². The van der Waals surface area contributed by atoms with E-state index in [9.17, 15) is 14.7 Å². The molecule has 1 atom stereocenters. The van der Waals surface area contributed by atoms with Crippen molar-refractivity contribution in [3.63, 3.8) is 0 Å². The highest BCUT2D eigenvalue weighted by Crippen LogP contribution is 2.25. The van der Waals surface area contributed by atoms with Crippen LogP contribution < -0.4 is 10.1 Å². The summed E-state index contributed by atoms with van der Waals surface area (Å²) in [5.41, 5.74) is 4.07. The SMILES string of the molecule is CC(=O)N1CCC(Nc2cccc(C(=O)CC[C@H](O)CN3CCc4cc(OCc5cnco5)ccc4C3)c2)CC1. The molecule has 0 unspecified atom stereocenters. The molecule has 2 aliphatic rings. The van der Waals surface area contributed by atoms with E-state index in [1.165, 1.54) is 17.5 Å². The number of aliphatic hydroxyl groups excluding tert-OH is 1. The maximum atomic E-state index is 12.9. The Hall–Kier alpha value is -3.69. The van der Waals surface area contributed by atoms with Crippen LogP contribution in [-0.4, -0.2) is 69.9 Å². The van der Waals surface area contributed by atoms with Gasteiger partial charge in [0.25, 0.3) is 0 Å². The highest BCUT2D eigenvalue weighted by atomic mass is 16.5. The molecule has 1 saturated heterocycles. The number of Topliss-reactive ketones (excluding diaryl/α,β-unsaturated/α-hetero) is 1. The molecular weight excluding hydrogens is 508 g/mol. The molecule has 2 N–H and O–H groups in total. The number of aromatic nitrogens is 1. The first-order chi connectivity index (χ1) is 19.4. The van der Waals surface area contributed by atoms with Gasteiger partial charge in [-0.25, -0.2) is 4.98 Å². The number of anilines is 1. The Morgan fingerprint density at radius 3 is 2.77 bits per heavy atom. The molecule has 0 radical (unpaired) electrons. The molecule has 1 fully saturated rings. The van der Waals surface area contributed by atoms with E-state index in [0.717, 1.165) is 56.9 Å². The van der Waals surface area contributed by atoms with Crippen LogP contribution in [0.15, 0.2) is 59.5 Å². The van der Waals surface area contributed by atoms with Gasteiger partial charge in [-0.2, -0.15) is 0 Å². The zero-order valence-electron chi connectivity index (χ0n) is 23.1. The third kappa shape index (κ3) is 7.49. The molecule has 2 aliphatic heterocycles. The van der Waals surface area contributed by atoms with Gasteiger partial charge in [0.1, 0.15) is 12.4 Å². The second-order valence-electron chi connectivity index (χ2n) is 10.8. The fourth-order valence-electron chi connectivity index (χ4n) is 5.49. The van der Waals surface area contributed by atoms with Crippen LogP contribution in [0.3, 0.4) is 0 Å². The molecule has 5 rings (SSSR count). The van der Waals surface area contributed by atoms with Crippen molar-refractivity contribution in [3.8, 4) is 5.75 Å². The zero-order valence-corrected chi connectivity index (χ0v) is 23.1. The molecule has 1 amide bonds. The summed E-state index contributed by atoms with van der Waals surface area (Å²) in [7, 11) is 0. The molecule has 0 spiro atoms. The molecule has 3 aromatic rings. The largest absolute Gasteiger partial charge is 0.486 e. The summed E-state index contributed by atoms with van der Waals surface area (Å²) < 4.78 is 11.0. The van der Waals surface area contributed by atoms with E-state index in [1.54, 1.807) is 13.1 Å². The summed E-state index contributed by atoms with van der Waals surface area (Å²) >= 11 is 0. The van der Waals surface area contributed by atoms with Gasteiger partial charge in [0.05, 0.1) is 12.3 Å². The maximum absolute atomic E-state index is 12.9. The summed E-state index contributed by atoms with van der Waals surface area (Å²) in [4.78, 5) is 32.5. The fraction of sp³-hybridized carbons (Fsp3) is 0.452. The molecule has 3 heterocycles. The third-order valence-electron chi connectivity index (χ3n) is 7.80. The average Bonchev–Trinajstić information content (AvgIpc) is 3.49. The van der Waals surface area contributed by atoms with Crippen molar-refractivity contribution < 1.29 is 23.8 Å². The van der Waals surface area contributed by atoms with Crippen LogP contribution in [0.5, 0.6) is 5.75 Å². The highest BCUT2D eigenvalue weighted by molar-refractivity contribution is 5.96. The number of oxazole rings is 1. The molecule has 0 bridgehead atoms. The van der Waals surface area contributed by atoms with Gasteiger partial charge < -0.3 is 24.5 Å². The van der Waals surface area contributed by atoms with Crippen LogP contribution in [0, 0.1) is 0 Å². The Balaban J connectivity index is 1.05. The van der Waals surface area contributed by atoms with Gasteiger partial charge in [-0.05, 0) is 61.1 Å². The van der Waals surface area contributed by atoms with E-state index in [4.69, 9.17) is 9.15 Å². The minimum atomic E-state index is -0.567. The van der Waals surface area contributed by atoms with E-state index < -0.39 is 6.10 Å². The number of rotatable bonds is 11. The predicted molar refractivity (Wildman–Crippen MR) is 151 cm³/mol. The summed E-state index contributed by atoms with van der Waals surface area (Å²) in [5, 5.41) is 14.2. The van der Waals surface area contributed by atoms with Gasteiger partial charge in [-0.3, -0.25) is 14.5 Å². The molecule has 2 aromatic carbocycles. The number of carbonyl (C=O) groups is 2. The average molecular weight is 547 g/mol. The number of nitrogens with one attached hydrogen (secondary N) is 1. The molecule has 9 nitrogen and oxygen atoms in total. The lowest BCUT2D eigenvalue weighted by Gasteiger charge is -2.32. The van der Waals surface area contributed by atoms with Gasteiger partial charge in [0.2, 0.25) is 5.91 Å². The second kappa shape index (κ2) is 13.1. The molecule has 1 aromatic heterocycles. The second-order valence-corrected chi connectivity index (χ2v) is 10.8. The number of hydrogen-bond acceptors (Lipinski definition) is 8. The molecule has 9 heteroatoms. The number of ether oxygens (including phenoxy) is 1. The highest BCUT2D eigenvalue weighted by Gasteiger charge is 2.22. The number of aliphatic hydroxyl groups is 1. The quantitative estimate of drug-likeness (QED) is 0.347. The van der Waals surface area contributed by atoms with Crippen molar-refractivity contribution in [2.24, 2.45) is 0 Å². The summed E-state index contributed by atoms with van der Waals surface area (Å²) in [5.74, 6) is 1.65. The van der Waals surface area contributed by atoms with Crippen LogP contribution in [0.1, 0.15) is 59.9 Å². The number of β-amino-alcohol motifs (C(OH)–C–C–N with tert-alkyl or cyclic N) is 1. The molecule has 0 aliphatic carbocycles. The Morgan fingerprint density at radius 1 is 1.15 bits per heavy atom. The molecule has 40 heavy (non-hydrogen) atoms. The van der Waals surface area contributed by atoms with E-state index in [2.05, 4.69) is 27.3 Å². The van der Waals surface area contributed by atoms with Gasteiger partial charge in [0, 0.05) is 63.4 Å². The van der Waals surface area contributed by atoms with Crippen molar-refractivity contribution in [3.05, 3.63) is 77.5 Å². The Bertz CT molecular complexity index is 1290. The predicted octanol–water partition coefficient (Wildman–Crippen LogP) is 4.06. The smallest absolute Gasteiger partial charge is 0.219 e. The number of ketones is 1. The number of amides is 1. The Morgan fingerprint density at radius 2 is 2.00 bits per heavy atom. The normalized spacial score (nSPS) is 16.8. The maximum Gasteiger partial charge on any atom is 0.219 e. The number of piperidine rings is 1. The van der Waals surface area contributed by atoms with E-state index in [1.807, 2.05) is 35.2 Å². The summed E-state index contributed by atoms with van der Waals surface area (Å²) in [6.07, 6.45) is 5.87. The van der Waals surface area contributed by atoms with Crippen molar-refractivity contribution in [2.75, 3.05) is 31.5 Å². The molecular formula is C31H38N4O5. The van der Waals surface area contributed by atoms with Crippen molar-refractivity contribution in [1.82, 2.24) is 14.8 Å². The first-order valence-electron chi connectivity index (χ1n) is 14.1. The first kappa shape index (κ1) is 27.9. The van der Waals surface area contributed by atoms with Gasteiger partial charge in [-0.1, -0.05) is 18.2 Å². The topological polar surface area (TPSA) is 108 Å². The number of benzene rings is 2. The fourth-order valence-corrected chi connectivity index (χ4v) is 5.49. The number of fused-ring (bicyclic) bond motifs is 1. The standard InChI is InChI=1S/C31H38N4O5/c1-22(36)35-13-10-26(11-14-35)33-27-4-2-3-24(15-27)31(38)8-6-28(37)19-34-12-9-23-16-29(7-5-25(23)18-34)39-20-30-17-32-21-40-30/h2-5,7,15-17,21,26,28,33,37H,6,8-14,18-20H2,1H3/t28-/m0/s1. The lowest BCUT2D eigenvalue weighted by Crippen LogP contribution is -2.41. The van der Waals surface area contributed by atoms with Crippen LogP contribution in [0.25, 0.3) is 0 Å². The van der Waals surface area contributed by atoms with Crippen molar-refractivity contribution >= 4 is 17.4 Å². The Labute approximate surface area is 235 Å². The van der Waals surface area contributed by atoms with Crippen molar-refractivity contribution in [1.29, 1.82) is 0 Å². The van der Waals surface area contributed by atoms with Crippen LogP contribution in [0.2, 0.25) is 0 Å².